The number of nitrogens with zero attached hydrogens (tertiary/aromatic N) is 3. The van der Waals surface area contributed by atoms with E-state index >= 15 is 0 Å². The van der Waals surface area contributed by atoms with Gasteiger partial charge in [0, 0.05) is 54.0 Å². The lowest BCUT2D eigenvalue weighted by Crippen LogP contribution is -2.40. The summed E-state index contributed by atoms with van der Waals surface area (Å²) in [6, 6.07) is 14.9. The topological polar surface area (TPSA) is 84.7 Å². The van der Waals surface area contributed by atoms with Gasteiger partial charge in [0.15, 0.2) is 5.76 Å². The fourth-order valence-electron chi connectivity index (χ4n) is 4.29. The molecule has 0 bridgehead atoms. The summed E-state index contributed by atoms with van der Waals surface area (Å²) in [5.74, 6) is 0.636. The maximum Gasteiger partial charge on any atom is 0.254 e. The van der Waals surface area contributed by atoms with Gasteiger partial charge in [-0.15, -0.1) is 0 Å². The van der Waals surface area contributed by atoms with Gasteiger partial charge in [-0.3, -0.25) is 9.79 Å². The highest BCUT2D eigenvalue weighted by Crippen LogP contribution is 2.32. The number of hydrogen-bond acceptors (Lipinski definition) is 5. The van der Waals surface area contributed by atoms with Gasteiger partial charge in [-0.2, -0.15) is 0 Å². The van der Waals surface area contributed by atoms with Crippen LogP contribution in [-0.2, 0) is 6.42 Å². The molecule has 8 heteroatoms. The van der Waals surface area contributed by atoms with E-state index < -0.39 is 0 Å². The molecule has 1 amide bonds. The first-order valence-electron chi connectivity index (χ1n) is 10.8. The van der Waals surface area contributed by atoms with E-state index in [1.807, 2.05) is 30.3 Å². The molecular formula is C25H22Cl2N4O2. The minimum Gasteiger partial charge on any atom is -0.402 e. The van der Waals surface area contributed by atoms with E-state index in [-0.39, 0.29) is 5.91 Å². The van der Waals surface area contributed by atoms with Crippen molar-refractivity contribution in [1.29, 1.82) is 0 Å². The molecule has 6 nitrogen and oxygen atoms in total. The Labute approximate surface area is 201 Å². The molecule has 1 aromatic heterocycles. The first kappa shape index (κ1) is 21.7. The van der Waals surface area contributed by atoms with E-state index in [0.29, 0.717) is 47.4 Å². The van der Waals surface area contributed by atoms with Gasteiger partial charge >= 0.3 is 0 Å². The molecule has 3 heterocycles. The van der Waals surface area contributed by atoms with Crippen molar-refractivity contribution in [2.24, 2.45) is 10.7 Å². The van der Waals surface area contributed by atoms with E-state index in [2.05, 4.69) is 5.16 Å². The van der Waals surface area contributed by atoms with E-state index in [1.165, 1.54) is 0 Å². The Morgan fingerprint density at radius 3 is 2.67 bits per heavy atom. The molecule has 2 aliphatic heterocycles. The van der Waals surface area contributed by atoms with E-state index in [4.69, 9.17) is 38.5 Å². The minimum absolute atomic E-state index is 0.127. The number of fused-ring (bicyclic) bond motifs is 1. The van der Waals surface area contributed by atoms with E-state index in [0.717, 1.165) is 46.7 Å². The molecule has 2 N–H and O–H groups in total. The fourth-order valence-corrected chi connectivity index (χ4v) is 4.59. The summed E-state index contributed by atoms with van der Waals surface area (Å²) < 4.78 is 5.78. The number of amides is 1. The number of aromatic nitrogens is 1. The van der Waals surface area contributed by atoms with Crippen LogP contribution >= 0.6 is 23.2 Å². The van der Waals surface area contributed by atoms with Gasteiger partial charge in [-0.25, -0.2) is 0 Å². The molecule has 0 saturated carbocycles. The van der Waals surface area contributed by atoms with Crippen molar-refractivity contribution in [2.75, 3.05) is 19.6 Å². The number of carbonyl (C=O) groups is 1. The van der Waals surface area contributed by atoms with Gasteiger partial charge < -0.3 is 15.2 Å². The molecule has 168 valence electrons. The molecule has 0 aliphatic carbocycles. The minimum atomic E-state index is -0.127. The SMILES string of the molecule is NC1=C(C2=NCCCc3c2noc3-c2ccccc2)CN(C(=O)c2ccc(Cl)c(Cl)c2)CC1. The van der Waals surface area contributed by atoms with Crippen LogP contribution in [0.25, 0.3) is 11.3 Å². The molecule has 3 aromatic rings. The van der Waals surface area contributed by atoms with Crippen LogP contribution in [0.5, 0.6) is 0 Å². The molecule has 0 atom stereocenters. The van der Waals surface area contributed by atoms with Crippen molar-refractivity contribution in [2.45, 2.75) is 19.3 Å². The second-order valence-corrected chi connectivity index (χ2v) is 8.96. The number of rotatable bonds is 3. The summed E-state index contributed by atoms with van der Waals surface area (Å²) >= 11 is 12.1. The third-order valence-electron chi connectivity index (χ3n) is 6.03. The second kappa shape index (κ2) is 9.04. The molecule has 5 rings (SSSR count). The zero-order chi connectivity index (χ0) is 22.9. The van der Waals surface area contributed by atoms with Crippen molar-refractivity contribution in [3.63, 3.8) is 0 Å². The molecule has 0 saturated heterocycles. The first-order valence-corrected chi connectivity index (χ1v) is 11.6. The summed E-state index contributed by atoms with van der Waals surface area (Å²) in [6.45, 7) is 1.52. The predicted molar refractivity (Wildman–Crippen MR) is 130 cm³/mol. The highest BCUT2D eigenvalue weighted by atomic mass is 35.5. The van der Waals surface area contributed by atoms with Crippen molar-refractivity contribution in [3.8, 4) is 11.3 Å². The third-order valence-corrected chi connectivity index (χ3v) is 6.77. The van der Waals surface area contributed by atoms with Crippen molar-refractivity contribution < 1.29 is 9.32 Å². The molecular weight excluding hydrogens is 459 g/mol. The predicted octanol–water partition coefficient (Wildman–Crippen LogP) is 5.14. The van der Waals surface area contributed by atoms with E-state index in [1.54, 1.807) is 23.1 Å². The van der Waals surface area contributed by atoms with Gasteiger partial charge in [-0.1, -0.05) is 58.7 Å². The van der Waals surface area contributed by atoms with Crippen molar-refractivity contribution >= 4 is 34.8 Å². The highest BCUT2D eigenvalue weighted by Gasteiger charge is 2.31. The first-order chi connectivity index (χ1) is 16.0. The average molecular weight is 481 g/mol. The highest BCUT2D eigenvalue weighted by molar-refractivity contribution is 6.42. The molecule has 0 unspecified atom stereocenters. The van der Waals surface area contributed by atoms with E-state index in [9.17, 15) is 4.79 Å². The van der Waals surface area contributed by atoms with Crippen molar-refractivity contribution in [1.82, 2.24) is 10.1 Å². The van der Waals surface area contributed by atoms with Crippen LogP contribution in [0.4, 0.5) is 0 Å². The third kappa shape index (κ3) is 4.16. The standard InChI is InChI=1S/C25H22Cl2N4O2/c26-19-9-8-16(13-20(19)27)25(32)31-12-10-21(28)18(14-31)22-23-17(7-4-11-29-22)24(33-30-23)15-5-2-1-3-6-15/h1-3,5-6,8-9,13H,4,7,10-12,14,28H2. The number of halogens is 2. The Kier molecular flexibility index (Phi) is 5.96. The Morgan fingerprint density at radius 2 is 1.88 bits per heavy atom. The number of aliphatic imine (C=N–C) groups is 1. The van der Waals surface area contributed by atoms with Crippen LogP contribution in [0, 0.1) is 0 Å². The smallest absolute Gasteiger partial charge is 0.254 e. The average Bonchev–Trinajstić information content (AvgIpc) is 3.14. The Hall–Kier alpha value is -3.09. The van der Waals surface area contributed by atoms with Crippen LogP contribution in [0.2, 0.25) is 10.0 Å². The van der Waals surface area contributed by atoms with Crippen LogP contribution in [0.15, 0.2) is 69.3 Å². The maximum absolute atomic E-state index is 13.2. The van der Waals surface area contributed by atoms with Gasteiger partial charge in [0.2, 0.25) is 0 Å². The quantitative estimate of drug-likeness (QED) is 0.561. The maximum atomic E-state index is 13.2. The summed E-state index contributed by atoms with van der Waals surface area (Å²) in [5.41, 5.74) is 11.9. The Bertz CT molecular complexity index is 1280. The van der Waals surface area contributed by atoms with Crippen molar-refractivity contribution in [3.05, 3.63) is 86.7 Å². The monoisotopic (exact) mass is 480 g/mol. The van der Waals surface area contributed by atoms with Gasteiger partial charge in [0.05, 0.1) is 15.8 Å². The lowest BCUT2D eigenvalue weighted by Gasteiger charge is -2.30. The number of benzene rings is 2. The number of hydrogen-bond donors (Lipinski definition) is 1. The molecule has 0 fully saturated rings. The zero-order valence-electron chi connectivity index (χ0n) is 17.9. The van der Waals surface area contributed by atoms with Crippen LogP contribution in [0.1, 0.15) is 34.5 Å². The fraction of sp³-hybridized carbons (Fsp3) is 0.240. The summed E-state index contributed by atoms with van der Waals surface area (Å²) in [5, 5.41) is 5.17. The molecule has 2 aliphatic rings. The molecule has 2 aromatic carbocycles. The summed E-state index contributed by atoms with van der Waals surface area (Å²) in [7, 11) is 0. The Balaban J connectivity index is 1.48. The molecule has 33 heavy (non-hydrogen) atoms. The largest absolute Gasteiger partial charge is 0.402 e. The van der Waals surface area contributed by atoms with Gasteiger partial charge in [0.25, 0.3) is 5.91 Å². The second-order valence-electron chi connectivity index (χ2n) is 8.15. The summed E-state index contributed by atoms with van der Waals surface area (Å²) in [6.07, 6.45) is 2.26. The number of nitrogens with two attached hydrogens (primary N) is 1. The van der Waals surface area contributed by atoms with Gasteiger partial charge in [-0.05, 0) is 31.0 Å². The Morgan fingerprint density at radius 1 is 1.06 bits per heavy atom. The van der Waals surface area contributed by atoms with Crippen LogP contribution in [0.3, 0.4) is 0 Å². The molecule has 0 radical (unpaired) electrons. The van der Waals surface area contributed by atoms with Crippen LogP contribution in [-0.4, -0.2) is 41.3 Å². The normalized spacial score (nSPS) is 16.3. The van der Waals surface area contributed by atoms with Crippen LogP contribution < -0.4 is 5.73 Å². The zero-order valence-corrected chi connectivity index (χ0v) is 19.4. The van der Waals surface area contributed by atoms with Gasteiger partial charge in [0.1, 0.15) is 5.69 Å². The summed E-state index contributed by atoms with van der Waals surface area (Å²) in [4.78, 5) is 19.8. The lowest BCUT2D eigenvalue weighted by atomic mass is 9.95. The number of carbonyl (C=O) groups excluding carboxylic acids is 1. The lowest BCUT2D eigenvalue weighted by molar-refractivity contribution is 0.0766. The molecule has 0 spiro atoms.